The summed E-state index contributed by atoms with van der Waals surface area (Å²) in [7, 11) is 0. The minimum atomic E-state index is -0.263. The number of nitrogens with zero attached hydrogens (tertiary/aromatic N) is 16. The normalized spacial score (nSPS) is 14.4. The number of halogens is 3. The van der Waals surface area contributed by atoms with E-state index in [2.05, 4.69) is 150 Å². The molecular weight excluding hydrogens is 1770 g/mol. The number of nitrogens with one attached hydrogen (secondary N) is 5. The van der Waals surface area contributed by atoms with Gasteiger partial charge in [-0.05, 0) is 200 Å². The SMILES string of the molecule is C=C1CCCN1Cc1nc2c([nH]1)c(N)nc1cc(-c3cccc(F)c3)ccc12.C=C1CCCN1Cc1nc2c([nH]1)c(N)nc1cc(-c3ccccc3)ccc12.C=C1CCCN1Cc1nc2c([nH]1)c(N)nc1cc(-c3ccccc3C#N)ccc12.C=C1CCCN1Cc1nc2c([nH]1)c(N)nc1cc(-c3ccccc3Cl)ccc12.C=C1CCCN1Cc1nc2c([nH]1)c(N)nc1cc(-c3ccccc3F)ccc12. The van der Waals surface area contributed by atoms with E-state index in [1.54, 1.807) is 18.2 Å². The van der Waals surface area contributed by atoms with Gasteiger partial charge in [-0.25, -0.2) is 58.6 Å². The number of likely N-dealkylation sites (tertiary alicyclic amines) is 5. The van der Waals surface area contributed by atoms with Crippen molar-refractivity contribution in [2.75, 3.05) is 61.4 Å². The molecule has 29 heteroatoms. The largest absolute Gasteiger partial charge is 0.382 e. The first-order valence-electron chi connectivity index (χ1n) is 46.9. The summed E-state index contributed by atoms with van der Waals surface area (Å²) in [5.74, 6) is 6.01. The maximum Gasteiger partial charge on any atom is 0.150 e. The van der Waals surface area contributed by atoms with Gasteiger partial charge in [-0.15, -0.1) is 0 Å². The van der Waals surface area contributed by atoms with Crippen LogP contribution in [0.25, 0.3) is 165 Å². The van der Waals surface area contributed by atoms with Gasteiger partial charge in [-0.1, -0.05) is 172 Å². The average Bonchev–Trinajstić information content (AvgIpc) is 1.65. The van der Waals surface area contributed by atoms with Crippen molar-refractivity contribution < 1.29 is 8.78 Å². The molecule has 5 fully saturated rings. The van der Waals surface area contributed by atoms with Gasteiger partial charge in [0.15, 0.2) is 0 Å². The van der Waals surface area contributed by atoms with Crippen molar-refractivity contribution in [1.29, 1.82) is 5.26 Å². The summed E-state index contributed by atoms with van der Waals surface area (Å²) in [6, 6.07) is 71.1. The molecular formula is C111H101ClF2N26. The zero-order chi connectivity index (χ0) is 96.1. The van der Waals surface area contributed by atoms with E-state index >= 15 is 0 Å². The second kappa shape index (κ2) is 37.9. The molecule has 0 amide bonds. The molecule has 5 aliphatic heterocycles. The molecule has 10 aromatic heterocycles. The first-order valence-corrected chi connectivity index (χ1v) is 47.3. The van der Waals surface area contributed by atoms with Crippen molar-refractivity contribution in [1.82, 2.24) is 99.3 Å². The molecule has 15 heterocycles. The number of aromatic amines is 5. The first kappa shape index (κ1) is 89.5. The Hall–Kier alpha value is -17.1. The van der Waals surface area contributed by atoms with Crippen LogP contribution in [-0.4, -0.2) is 132 Å². The highest BCUT2D eigenvalue weighted by molar-refractivity contribution is 6.33. The van der Waals surface area contributed by atoms with Crippen LogP contribution in [0.1, 0.15) is 98.9 Å². The first-order chi connectivity index (χ1) is 68.1. The predicted octanol–water partition coefficient (Wildman–Crippen LogP) is 23.2. The molecule has 0 aliphatic carbocycles. The number of pyridine rings is 5. The van der Waals surface area contributed by atoms with E-state index < -0.39 is 0 Å². The maximum absolute atomic E-state index is 14.2. The predicted molar refractivity (Wildman–Crippen MR) is 560 cm³/mol. The zero-order valence-corrected chi connectivity index (χ0v) is 77.9. The minimum Gasteiger partial charge on any atom is -0.382 e. The van der Waals surface area contributed by atoms with E-state index in [4.69, 9.17) is 65.2 Å². The highest BCUT2D eigenvalue weighted by Gasteiger charge is 2.27. The van der Waals surface area contributed by atoms with Crippen molar-refractivity contribution >= 4 is 150 Å². The molecule has 0 spiro atoms. The molecule has 25 rings (SSSR count). The second-order valence-corrected chi connectivity index (χ2v) is 36.5. The quantitative estimate of drug-likeness (QED) is 0.0456. The second-order valence-electron chi connectivity index (χ2n) is 36.1. The number of fused-ring (bicyclic) bond motifs is 15. The van der Waals surface area contributed by atoms with Crippen molar-refractivity contribution in [2.24, 2.45) is 0 Å². The Bertz CT molecular complexity index is 8220. The third-order valence-electron chi connectivity index (χ3n) is 26.9. The number of aromatic nitrogens is 15. The molecule has 15 N–H and O–H groups in total. The molecule has 0 saturated carbocycles. The number of rotatable bonds is 15. The number of nitriles is 1. The summed E-state index contributed by atoms with van der Waals surface area (Å²) in [5.41, 5.74) is 58.6. The molecule has 26 nitrogen and oxygen atoms in total. The Labute approximate surface area is 809 Å². The van der Waals surface area contributed by atoms with E-state index in [1.165, 1.54) is 29.6 Å². The van der Waals surface area contributed by atoms with E-state index in [0.717, 1.165) is 304 Å². The van der Waals surface area contributed by atoms with Crippen molar-refractivity contribution in [3.63, 3.8) is 0 Å². The van der Waals surface area contributed by atoms with Gasteiger partial charge >= 0.3 is 0 Å². The summed E-state index contributed by atoms with van der Waals surface area (Å²) < 4.78 is 27.7. The fourth-order valence-corrected chi connectivity index (χ4v) is 19.9. The molecule has 0 radical (unpaired) electrons. The Morgan fingerprint density at radius 3 is 0.907 bits per heavy atom. The summed E-state index contributed by atoms with van der Waals surface area (Å²) in [5, 5.41) is 14.9. The fourth-order valence-electron chi connectivity index (χ4n) is 19.6. The van der Waals surface area contributed by atoms with Crippen molar-refractivity contribution in [3.8, 4) is 61.7 Å². The van der Waals surface area contributed by atoms with Gasteiger partial charge in [0.1, 0.15) is 125 Å². The number of nitrogen functional groups attached to an aromatic ring is 5. The molecule has 10 aromatic carbocycles. The topological polar surface area (TPSA) is 378 Å². The molecule has 696 valence electrons. The highest BCUT2D eigenvalue weighted by Crippen LogP contribution is 2.41. The summed E-state index contributed by atoms with van der Waals surface area (Å²) in [4.78, 5) is 75.0. The number of nitrogens with two attached hydrogens (primary N) is 5. The third kappa shape index (κ3) is 18.0. The van der Waals surface area contributed by atoms with E-state index in [0.29, 0.717) is 76.9 Å². The number of benzene rings is 10. The third-order valence-corrected chi connectivity index (χ3v) is 27.2. The molecule has 0 atom stereocenters. The lowest BCUT2D eigenvalue weighted by molar-refractivity contribution is 0.378. The molecule has 0 unspecified atom stereocenters. The Morgan fingerprint density at radius 1 is 0.300 bits per heavy atom. The van der Waals surface area contributed by atoms with E-state index in [9.17, 15) is 14.0 Å². The Balaban J connectivity index is 0.000000104. The van der Waals surface area contributed by atoms with Gasteiger partial charge < -0.3 is 78.1 Å². The highest BCUT2D eigenvalue weighted by atomic mass is 35.5. The molecule has 0 bridgehead atoms. The van der Waals surface area contributed by atoms with Gasteiger partial charge in [-0.2, -0.15) is 5.26 Å². The monoisotopic (exact) mass is 1870 g/mol. The van der Waals surface area contributed by atoms with Crippen LogP contribution in [0.3, 0.4) is 0 Å². The van der Waals surface area contributed by atoms with Crippen LogP contribution in [0.4, 0.5) is 37.9 Å². The lowest BCUT2D eigenvalue weighted by Gasteiger charge is -2.16. The smallest absolute Gasteiger partial charge is 0.150 e. The number of hydrogen-bond acceptors (Lipinski definition) is 21. The van der Waals surface area contributed by atoms with Crippen LogP contribution in [0, 0.1) is 23.0 Å². The van der Waals surface area contributed by atoms with Crippen molar-refractivity contribution in [3.05, 3.63) is 331 Å². The van der Waals surface area contributed by atoms with Crippen LogP contribution < -0.4 is 28.7 Å². The Kier molecular flexibility index (Phi) is 24.2. The summed E-state index contributed by atoms with van der Waals surface area (Å²) in [6.45, 7) is 29.2. The fraction of sp³-hybridized carbons (Fsp3) is 0.180. The van der Waals surface area contributed by atoms with Gasteiger partial charge in [0.25, 0.3) is 0 Å². The van der Waals surface area contributed by atoms with Gasteiger partial charge in [0, 0.05) is 104 Å². The van der Waals surface area contributed by atoms with Gasteiger partial charge in [-0.3, -0.25) is 0 Å². The van der Waals surface area contributed by atoms with Crippen molar-refractivity contribution in [2.45, 2.75) is 96.9 Å². The van der Waals surface area contributed by atoms with Crippen LogP contribution in [-0.2, 0) is 32.7 Å². The molecule has 20 aromatic rings. The van der Waals surface area contributed by atoms with Gasteiger partial charge in [0.05, 0.1) is 71.9 Å². The van der Waals surface area contributed by atoms with Crippen LogP contribution in [0.15, 0.2) is 280 Å². The number of imidazole rings is 5. The number of hydrogen-bond donors (Lipinski definition) is 10. The average molecular weight is 1870 g/mol. The molecule has 5 saturated heterocycles. The summed E-state index contributed by atoms with van der Waals surface area (Å²) in [6.07, 6.45) is 10.9. The lowest BCUT2D eigenvalue weighted by atomic mass is 9.99. The zero-order valence-electron chi connectivity index (χ0n) is 77.1. The maximum atomic E-state index is 14.2. The number of allylic oxidation sites excluding steroid dienone is 5. The van der Waals surface area contributed by atoms with Crippen LogP contribution in [0.5, 0.6) is 0 Å². The van der Waals surface area contributed by atoms with E-state index in [1.807, 2.05) is 146 Å². The minimum absolute atomic E-state index is 0.260. The summed E-state index contributed by atoms with van der Waals surface area (Å²) >= 11 is 6.36. The van der Waals surface area contributed by atoms with Gasteiger partial charge in [0.2, 0.25) is 0 Å². The number of anilines is 5. The van der Waals surface area contributed by atoms with E-state index in [-0.39, 0.29) is 11.6 Å². The van der Waals surface area contributed by atoms with Crippen LogP contribution in [0.2, 0.25) is 5.02 Å². The Morgan fingerprint density at radius 2 is 0.579 bits per heavy atom. The lowest BCUT2D eigenvalue weighted by Crippen LogP contribution is -2.17. The molecule has 5 aliphatic rings. The molecule has 140 heavy (non-hydrogen) atoms. The number of H-pyrrole nitrogens is 5. The standard InChI is InChI=1S/C23H20N6.C22H20ClN5.2C22H20FN5.C22H21N5/c1-14-5-4-10-29(14)13-20-27-21-18-9-8-15(17-7-3-2-6-16(17)12-24)11-19(18)26-23(25)22(21)28-20;1-13-5-4-10-28(13)12-19-26-20-16-9-8-14(15-6-2-3-7-17(15)23)11-18(16)25-22(24)21(20)27-19;1-13-4-3-9-28(13)12-19-26-20-17-8-7-15(14-5-2-6-16(23)10-14)11-18(17)25-22(24)21(20)27-19;1-13-5-4-10-28(13)12-19-26-20-16-9-8-14(15-6-2-3-7-17(15)23)11-18(16)25-22(24)21(20)27-19;1-14-6-5-11-27(14)13-19-25-20-17-10-9-16(15-7-3-2-4-8-15)12-18(17)24-22(23)21(20)26-19/h2-3,6-9,11H,1,4-5,10,13H2,(H2,25,26)(H,27,28);2-3,6-9,11H,1,4-5,10,12H2,(H2,24,25)(H,26,27);2,5-8,10-11H,1,3-4,9,12H2,(H2,24,25)(H,26,27);2-3,6-9,11H,1,4-5,10,12H2,(H2,24,25)(H,26,27);2-4,7-10,12H,1,5-6,11,13H2,(H2,23,24)(H,25,26). The van der Waals surface area contributed by atoms with Crippen LogP contribution >= 0.6 is 11.6 Å².